The molecule has 0 unspecified atom stereocenters. The molecule has 2 aliphatic rings. The second-order valence-corrected chi connectivity index (χ2v) is 5.20. The van der Waals surface area contributed by atoms with Crippen molar-refractivity contribution in [2.45, 2.75) is 25.7 Å². The smallest absolute Gasteiger partial charge is 0.0432 e. The molecule has 0 spiro atoms. The average molecular weight is 253 g/mol. The van der Waals surface area contributed by atoms with Crippen LogP contribution in [0.5, 0.6) is 0 Å². The fourth-order valence-corrected chi connectivity index (χ4v) is 3.04. The number of nitrogens with zero attached hydrogens (tertiary/aromatic N) is 2. The number of rotatable bonds is 1. The van der Waals surface area contributed by atoms with Gasteiger partial charge in [-0.2, -0.15) is 0 Å². The van der Waals surface area contributed by atoms with Crippen molar-refractivity contribution in [2.75, 3.05) is 37.0 Å². The van der Waals surface area contributed by atoms with E-state index in [9.17, 15) is 0 Å². The van der Waals surface area contributed by atoms with Crippen LogP contribution in [-0.2, 0) is 12.8 Å². The maximum Gasteiger partial charge on any atom is 0.0432 e. The number of halogens is 1. The number of hydrogen-bond acceptors (Lipinski definition) is 2. The first-order chi connectivity index (χ1) is 7.75. The Kier molecular flexibility index (Phi) is 3.53. The van der Waals surface area contributed by atoms with Gasteiger partial charge in [0, 0.05) is 38.6 Å². The minimum absolute atomic E-state index is 0. The summed E-state index contributed by atoms with van der Waals surface area (Å²) >= 11 is 0. The largest absolute Gasteiger partial charge is 0.378 e. The van der Waals surface area contributed by atoms with Crippen molar-refractivity contribution in [3.8, 4) is 0 Å². The van der Waals surface area contributed by atoms with Gasteiger partial charge in [-0.3, -0.25) is 0 Å². The van der Waals surface area contributed by atoms with Gasteiger partial charge in [-0.15, -0.1) is 12.4 Å². The molecule has 2 heterocycles. The molecule has 0 fully saturated rings. The fraction of sp³-hybridized carbons (Fsp3) is 0.571. The number of hydrogen-bond donors (Lipinski definition) is 0. The second kappa shape index (κ2) is 4.77. The number of aryl methyl sites for hydroxylation is 2. The number of benzene rings is 1. The highest BCUT2D eigenvalue weighted by Gasteiger charge is 2.24. The standard InChI is InChI=1S/C14H20N2.ClH/c1-15(2)13-9-11-5-3-7-16-8-4-6-12(10-13)14(11)16;/h9-10H,3-8H2,1-2H3;1H. The summed E-state index contributed by atoms with van der Waals surface area (Å²) in [7, 11) is 4.27. The van der Waals surface area contributed by atoms with E-state index >= 15 is 0 Å². The van der Waals surface area contributed by atoms with Crippen LogP contribution < -0.4 is 9.80 Å². The molecule has 0 bridgehead atoms. The van der Waals surface area contributed by atoms with Gasteiger partial charge in [0.2, 0.25) is 0 Å². The van der Waals surface area contributed by atoms with E-state index in [0.717, 1.165) is 0 Å². The Hall–Kier alpha value is -0.890. The molecule has 1 aromatic carbocycles. The summed E-state index contributed by atoms with van der Waals surface area (Å²) < 4.78 is 0. The van der Waals surface area contributed by atoms with Gasteiger partial charge in [-0.1, -0.05) is 0 Å². The molecule has 2 nitrogen and oxygen atoms in total. The van der Waals surface area contributed by atoms with Gasteiger partial charge in [-0.05, 0) is 48.9 Å². The van der Waals surface area contributed by atoms with E-state index in [1.165, 1.54) is 44.5 Å². The van der Waals surface area contributed by atoms with Gasteiger partial charge >= 0.3 is 0 Å². The third-order valence-corrected chi connectivity index (χ3v) is 3.83. The van der Waals surface area contributed by atoms with Crippen LogP contribution >= 0.6 is 12.4 Å². The van der Waals surface area contributed by atoms with Gasteiger partial charge < -0.3 is 9.80 Å². The fourth-order valence-electron chi connectivity index (χ4n) is 3.04. The zero-order chi connectivity index (χ0) is 11.1. The Labute approximate surface area is 110 Å². The molecule has 0 aromatic heterocycles. The van der Waals surface area contributed by atoms with Gasteiger partial charge in [0.25, 0.3) is 0 Å². The molecule has 17 heavy (non-hydrogen) atoms. The zero-order valence-electron chi connectivity index (χ0n) is 10.7. The summed E-state index contributed by atoms with van der Waals surface area (Å²) in [5.74, 6) is 0. The third-order valence-electron chi connectivity index (χ3n) is 3.83. The highest BCUT2D eigenvalue weighted by Crippen LogP contribution is 2.37. The quantitative estimate of drug-likeness (QED) is 0.759. The molecular formula is C14H21ClN2. The number of anilines is 2. The van der Waals surface area contributed by atoms with Crippen molar-refractivity contribution in [2.24, 2.45) is 0 Å². The van der Waals surface area contributed by atoms with E-state index in [1.54, 1.807) is 16.8 Å². The van der Waals surface area contributed by atoms with Gasteiger partial charge in [0.1, 0.15) is 0 Å². The summed E-state index contributed by atoms with van der Waals surface area (Å²) in [6.45, 7) is 2.53. The lowest BCUT2D eigenvalue weighted by atomic mass is 9.91. The molecule has 0 saturated carbocycles. The minimum atomic E-state index is 0. The topological polar surface area (TPSA) is 6.48 Å². The monoisotopic (exact) mass is 252 g/mol. The van der Waals surface area contributed by atoms with E-state index in [4.69, 9.17) is 0 Å². The van der Waals surface area contributed by atoms with Crippen LogP contribution in [0.4, 0.5) is 11.4 Å². The Morgan fingerprint density at radius 1 is 1.00 bits per heavy atom. The summed E-state index contributed by atoms with van der Waals surface area (Å²) in [6.07, 6.45) is 5.17. The normalized spacial score (nSPS) is 17.2. The Bertz CT molecular complexity index is 384. The molecule has 3 heteroatoms. The molecule has 0 amide bonds. The van der Waals surface area contributed by atoms with E-state index in [2.05, 4.69) is 36.0 Å². The van der Waals surface area contributed by atoms with Crippen molar-refractivity contribution in [3.63, 3.8) is 0 Å². The molecule has 0 radical (unpaired) electrons. The van der Waals surface area contributed by atoms with Crippen molar-refractivity contribution in [1.82, 2.24) is 0 Å². The molecule has 3 rings (SSSR count). The Morgan fingerprint density at radius 2 is 1.53 bits per heavy atom. The SMILES string of the molecule is CN(C)c1cc2c3c(c1)CCCN3CCC2.Cl. The van der Waals surface area contributed by atoms with Crippen LogP contribution in [0.25, 0.3) is 0 Å². The van der Waals surface area contributed by atoms with Crippen molar-refractivity contribution in [3.05, 3.63) is 23.3 Å². The van der Waals surface area contributed by atoms with Crippen molar-refractivity contribution >= 4 is 23.8 Å². The molecular weight excluding hydrogens is 232 g/mol. The van der Waals surface area contributed by atoms with E-state index in [0.29, 0.717) is 0 Å². The van der Waals surface area contributed by atoms with E-state index in [-0.39, 0.29) is 12.4 Å². The first-order valence-corrected chi connectivity index (χ1v) is 6.34. The molecule has 0 N–H and O–H groups in total. The summed E-state index contributed by atoms with van der Waals surface area (Å²) in [5, 5.41) is 0. The molecule has 0 atom stereocenters. The summed E-state index contributed by atoms with van der Waals surface area (Å²) in [5.41, 5.74) is 6.10. The Morgan fingerprint density at radius 3 is 2.00 bits per heavy atom. The zero-order valence-corrected chi connectivity index (χ0v) is 11.5. The Balaban J connectivity index is 0.00000108. The maximum atomic E-state index is 2.59. The third kappa shape index (κ3) is 2.11. The molecule has 0 saturated heterocycles. The average Bonchev–Trinajstić information content (AvgIpc) is 2.29. The lowest BCUT2D eigenvalue weighted by molar-refractivity contribution is 0.634. The first kappa shape index (κ1) is 12.6. The van der Waals surface area contributed by atoms with Crippen molar-refractivity contribution in [1.29, 1.82) is 0 Å². The van der Waals surface area contributed by atoms with Crippen LogP contribution in [-0.4, -0.2) is 27.2 Å². The predicted molar refractivity (Wildman–Crippen MR) is 76.9 cm³/mol. The van der Waals surface area contributed by atoms with Crippen LogP contribution in [0.1, 0.15) is 24.0 Å². The van der Waals surface area contributed by atoms with Crippen LogP contribution in [0.2, 0.25) is 0 Å². The van der Waals surface area contributed by atoms with E-state index < -0.39 is 0 Å². The van der Waals surface area contributed by atoms with Crippen LogP contribution in [0, 0.1) is 0 Å². The summed E-state index contributed by atoms with van der Waals surface area (Å²) in [6, 6.07) is 4.77. The predicted octanol–water partition coefficient (Wildman–Crippen LogP) is 2.87. The highest BCUT2D eigenvalue weighted by atomic mass is 35.5. The van der Waals surface area contributed by atoms with Crippen LogP contribution in [0.15, 0.2) is 12.1 Å². The molecule has 0 aliphatic carbocycles. The van der Waals surface area contributed by atoms with Gasteiger partial charge in [0.15, 0.2) is 0 Å². The first-order valence-electron chi connectivity index (χ1n) is 6.34. The van der Waals surface area contributed by atoms with Crippen LogP contribution in [0.3, 0.4) is 0 Å². The second-order valence-electron chi connectivity index (χ2n) is 5.20. The van der Waals surface area contributed by atoms with E-state index in [1.807, 2.05) is 0 Å². The molecule has 94 valence electrons. The summed E-state index contributed by atoms with van der Waals surface area (Å²) in [4.78, 5) is 4.82. The minimum Gasteiger partial charge on any atom is -0.378 e. The van der Waals surface area contributed by atoms with Gasteiger partial charge in [-0.25, -0.2) is 0 Å². The van der Waals surface area contributed by atoms with Crippen molar-refractivity contribution < 1.29 is 0 Å². The molecule has 2 aliphatic heterocycles. The lowest BCUT2D eigenvalue weighted by Crippen LogP contribution is -2.34. The molecule has 1 aromatic rings. The highest BCUT2D eigenvalue weighted by molar-refractivity contribution is 5.85. The van der Waals surface area contributed by atoms with Gasteiger partial charge in [0.05, 0.1) is 0 Å². The maximum absolute atomic E-state index is 2.59. The lowest BCUT2D eigenvalue weighted by Gasteiger charge is -2.37.